The summed E-state index contributed by atoms with van der Waals surface area (Å²) in [5, 5.41) is 0. The lowest BCUT2D eigenvalue weighted by Crippen LogP contribution is -1.97. The van der Waals surface area contributed by atoms with Gasteiger partial charge in [-0.2, -0.15) is 8.42 Å². The second-order valence-corrected chi connectivity index (χ2v) is 12.1. The van der Waals surface area contributed by atoms with E-state index in [4.69, 9.17) is 29.0 Å². The van der Waals surface area contributed by atoms with Gasteiger partial charge in [-0.15, -0.1) is 0 Å². The van der Waals surface area contributed by atoms with Crippen LogP contribution in [-0.4, -0.2) is 30.6 Å². The molecule has 0 aliphatic heterocycles. The normalized spacial score (nSPS) is 11.0. The number of hydrogen-bond donors (Lipinski definition) is 4. The Bertz CT molecular complexity index is 438. The van der Waals surface area contributed by atoms with Gasteiger partial charge in [0, 0.05) is 0 Å². The Morgan fingerprint density at radius 2 is 0.487 bits per heavy atom. The fourth-order valence-electron chi connectivity index (χ4n) is 4.68. The zero-order valence-corrected chi connectivity index (χ0v) is 27.3. The fourth-order valence-corrected chi connectivity index (χ4v) is 4.68. The summed E-state index contributed by atoms with van der Waals surface area (Å²) in [6.45, 7) is 6.32. The van der Waals surface area contributed by atoms with Crippen LogP contribution in [0.2, 0.25) is 0 Å². The van der Waals surface area contributed by atoms with E-state index in [9.17, 15) is 0 Å². The predicted octanol–water partition coefficient (Wildman–Crippen LogP) is 10.2. The van der Waals surface area contributed by atoms with Crippen molar-refractivity contribution in [2.75, 3.05) is 13.1 Å². The summed E-state index contributed by atoms with van der Waals surface area (Å²) >= 11 is 0. The van der Waals surface area contributed by atoms with Gasteiger partial charge in [0.15, 0.2) is 0 Å². The lowest BCUT2D eigenvalue weighted by atomic mass is 10.0. The van der Waals surface area contributed by atoms with Gasteiger partial charge in [0.05, 0.1) is 0 Å². The minimum atomic E-state index is -4.67. The summed E-state index contributed by atoms with van der Waals surface area (Å²) in [6, 6.07) is 0. The van der Waals surface area contributed by atoms with E-state index in [1.54, 1.807) is 0 Å². The summed E-state index contributed by atoms with van der Waals surface area (Å²) in [5.41, 5.74) is 10.9. The van der Waals surface area contributed by atoms with Crippen molar-refractivity contribution in [1.82, 2.24) is 0 Å². The Kier molecular flexibility index (Phi) is 44.3. The molecule has 0 spiro atoms. The van der Waals surface area contributed by atoms with Gasteiger partial charge in [-0.25, -0.2) is 0 Å². The van der Waals surface area contributed by atoms with E-state index in [2.05, 4.69) is 13.8 Å². The highest BCUT2D eigenvalue weighted by Crippen LogP contribution is 2.14. The van der Waals surface area contributed by atoms with Gasteiger partial charge in [-0.1, -0.05) is 181 Å². The molecule has 0 heterocycles. The Morgan fingerprint density at radius 1 is 0.359 bits per heavy atom. The molecule has 39 heavy (non-hydrogen) atoms. The zero-order chi connectivity index (χ0) is 29.7. The molecule has 0 aromatic heterocycles. The summed E-state index contributed by atoms with van der Waals surface area (Å²) in [6.07, 6.45) is 39.7. The van der Waals surface area contributed by atoms with Gasteiger partial charge in [0.25, 0.3) is 0 Å². The Morgan fingerprint density at radius 3 is 0.615 bits per heavy atom. The third kappa shape index (κ3) is 62.7. The number of unbranched alkanes of at least 4 members (excludes halogenated alkanes) is 26. The maximum absolute atomic E-state index is 8.74. The topological polar surface area (TPSA) is 127 Å². The van der Waals surface area contributed by atoms with Crippen molar-refractivity contribution in [1.29, 1.82) is 0 Å². The van der Waals surface area contributed by atoms with E-state index in [1.807, 2.05) is 0 Å². The third-order valence-electron chi connectivity index (χ3n) is 7.12. The first-order valence-corrected chi connectivity index (χ1v) is 18.3. The lowest BCUT2D eigenvalue weighted by molar-refractivity contribution is 0.381. The number of nitrogens with two attached hydrogens (primary N) is 2. The van der Waals surface area contributed by atoms with E-state index in [-0.39, 0.29) is 0 Å². The van der Waals surface area contributed by atoms with Gasteiger partial charge in [-0.3, -0.25) is 9.11 Å². The van der Waals surface area contributed by atoms with Gasteiger partial charge in [0.1, 0.15) is 0 Å². The molecular weight excluding hydrogens is 508 g/mol. The Hall–Kier alpha value is -0.210. The van der Waals surface area contributed by atoms with Crippen molar-refractivity contribution < 1.29 is 17.5 Å². The average Bonchev–Trinajstić information content (AvgIpc) is 2.89. The molecule has 0 rings (SSSR count). The first kappa shape index (κ1) is 43.2. The second kappa shape index (κ2) is 39.9. The van der Waals surface area contributed by atoms with Crippen molar-refractivity contribution in [3.63, 3.8) is 0 Å². The van der Waals surface area contributed by atoms with Crippen molar-refractivity contribution in [3.8, 4) is 0 Å². The molecule has 0 amide bonds. The van der Waals surface area contributed by atoms with Crippen LogP contribution in [0.5, 0.6) is 0 Å². The van der Waals surface area contributed by atoms with Gasteiger partial charge in [-0.05, 0) is 25.9 Å². The second-order valence-electron chi connectivity index (χ2n) is 11.2. The summed E-state index contributed by atoms with van der Waals surface area (Å²) in [5.74, 6) is 0. The molecule has 0 fully saturated rings. The summed E-state index contributed by atoms with van der Waals surface area (Å²) in [7, 11) is -4.67. The zero-order valence-electron chi connectivity index (χ0n) is 26.5. The van der Waals surface area contributed by atoms with Gasteiger partial charge in [0.2, 0.25) is 0 Å². The molecule has 0 atom stereocenters. The van der Waals surface area contributed by atoms with E-state index in [1.165, 1.54) is 180 Å². The van der Waals surface area contributed by atoms with Gasteiger partial charge >= 0.3 is 10.4 Å². The first-order valence-electron chi connectivity index (χ1n) is 16.9. The SMILES string of the molecule is CCCCCCCCCCCCCCCCN.CCCCCCCCCCCCCCCCN.O=S(=O)(O)O. The molecule has 6 nitrogen and oxygen atoms in total. The molecule has 0 bridgehead atoms. The van der Waals surface area contributed by atoms with Crippen LogP contribution < -0.4 is 11.5 Å². The van der Waals surface area contributed by atoms with Crippen LogP contribution >= 0.6 is 0 Å². The van der Waals surface area contributed by atoms with Crippen LogP contribution in [0.3, 0.4) is 0 Å². The van der Waals surface area contributed by atoms with Crippen LogP contribution in [0.25, 0.3) is 0 Å². The highest BCUT2D eigenvalue weighted by molar-refractivity contribution is 7.79. The molecule has 240 valence electrons. The third-order valence-corrected chi connectivity index (χ3v) is 7.12. The molecule has 0 radical (unpaired) electrons. The smallest absolute Gasteiger partial charge is 0.330 e. The molecule has 0 aromatic rings. The Labute approximate surface area is 245 Å². The lowest BCUT2D eigenvalue weighted by Gasteiger charge is -2.02. The molecule has 0 saturated carbocycles. The maximum atomic E-state index is 8.74. The number of hydrogen-bond acceptors (Lipinski definition) is 4. The number of rotatable bonds is 28. The van der Waals surface area contributed by atoms with Crippen LogP contribution in [-0.2, 0) is 10.4 Å². The largest absolute Gasteiger partial charge is 0.394 e. The van der Waals surface area contributed by atoms with E-state index < -0.39 is 10.4 Å². The molecule has 0 aliphatic carbocycles. The molecule has 6 N–H and O–H groups in total. The van der Waals surface area contributed by atoms with Crippen molar-refractivity contribution in [2.45, 2.75) is 194 Å². The quantitative estimate of drug-likeness (QED) is 0.0538. The van der Waals surface area contributed by atoms with E-state index >= 15 is 0 Å². The van der Waals surface area contributed by atoms with E-state index in [0.717, 1.165) is 13.1 Å². The Balaban J connectivity index is -0.000000566. The highest BCUT2D eigenvalue weighted by atomic mass is 32.3. The monoisotopic (exact) mass is 581 g/mol. The first-order chi connectivity index (χ1) is 18.8. The molecule has 0 aromatic carbocycles. The molecule has 0 saturated heterocycles. The predicted molar refractivity (Wildman–Crippen MR) is 173 cm³/mol. The molecule has 0 unspecified atom stereocenters. The fraction of sp³-hybridized carbons (Fsp3) is 1.00. The molecular formula is C32H72N2O4S. The van der Waals surface area contributed by atoms with Crippen molar-refractivity contribution in [3.05, 3.63) is 0 Å². The minimum absolute atomic E-state index is 0.873. The highest BCUT2D eigenvalue weighted by Gasteiger charge is 1.94. The van der Waals surface area contributed by atoms with Crippen molar-refractivity contribution in [2.24, 2.45) is 11.5 Å². The minimum Gasteiger partial charge on any atom is -0.330 e. The van der Waals surface area contributed by atoms with Crippen LogP contribution in [0, 0.1) is 0 Å². The maximum Gasteiger partial charge on any atom is 0.394 e. The van der Waals surface area contributed by atoms with Crippen LogP contribution in [0.1, 0.15) is 194 Å². The van der Waals surface area contributed by atoms with E-state index in [0.29, 0.717) is 0 Å². The summed E-state index contributed by atoms with van der Waals surface area (Å²) < 4.78 is 31.6. The average molecular weight is 581 g/mol. The molecule has 7 heteroatoms. The van der Waals surface area contributed by atoms with Gasteiger partial charge < -0.3 is 11.5 Å². The standard InChI is InChI=1S/2C16H35N.H2O4S/c2*1-2-3-4-5-6-7-8-9-10-11-12-13-14-15-16-17;1-5(2,3)4/h2*2-17H2,1H3;(H2,1,2,3,4). The summed E-state index contributed by atoms with van der Waals surface area (Å²) in [4.78, 5) is 0. The molecule has 0 aliphatic rings. The van der Waals surface area contributed by atoms with Crippen LogP contribution in [0.15, 0.2) is 0 Å². The van der Waals surface area contributed by atoms with Crippen LogP contribution in [0.4, 0.5) is 0 Å². The van der Waals surface area contributed by atoms with Crippen molar-refractivity contribution >= 4 is 10.4 Å².